The molecule has 3 aliphatic rings. The molecule has 3 nitrogen and oxygen atoms in total. The number of esters is 1. The number of Topliss-reactive ketones (excluding diaryl/α,β-unsaturated/α-hetero) is 1. The summed E-state index contributed by atoms with van der Waals surface area (Å²) in [7, 11) is 0. The topological polar surface area (TPSA) is 43.4 Å². The Labute approximate surface area is 108 Å². The van der Waals surface area contributed by atoms with Crippen LogP contribution in [-0.4, -0.2) is 17.9 Å². The molecule has 3 heteroatoms. The number of ether oxygens (including phenoxy) is 1. The van der Waals surface area contributed by atoms with Gasteiger partial charge in [-0.2, -0.15) is 0 Å². The van der Waals surface area contributed by atoms with Crippen molar-refractivity contribution in [2.75, 3.05) is 0 Å². The normalized spacial score (nSPS) is 43.6. The molecule has 0 bridgehead atoms. The van der Waals surface area contributed by atoms with Gasteiger partial charge in [0.05, 0.1) is 0 Å². The summed E-state index contributed by atoms with van der Waals surface area (Å²) in [5.41, 5.74) is 1.66. The number of carbonyl (C=O) groups is 2. The fourth-order valence-corrected chi connectivity index (χ4v) is 4.10. The fraction of sp³-hybridized carbons (Fsp3) is 0.733. The van der Waals surface area contributed by atoms with Crippen molar-refractivity contribution >= 4 is 11.8 Å². The van der Waals surface area contributed by atoms with E-state index in [1.54, 1.807) is 0 Å². The molecular weight excluding hydrogens is 228 g/mol. The lowest BCUT2D eigenvalue weighted by molar-refractivity contribution is -0.149. The van der Waals surface area contributed by atoms with E-state index in [2.05, 4.69) is 13.8 Å². The van der Waals surface area contributed by atoms with Crippen LogP contribution >= 0.6 is 0 Å². The van der Waals surface area contributed by atoms with Crippen LogP contribution in [0.4, 0.5) is 0 Å². The summed E-state index contributed by atoms with van der Waals surface area (Å²) in [5, 5.41) is 0. The summed E-state index contributed by atoms with van der Waals surface area (Å²) in [5.74, 6) is 1.13. The highest BCUT2D eigenvalue weighted by atomic mass is 16.5. The van der Waals surface area contributed by atoms with Gasteiger partial charge >= 0.3 is 5.97 Å². The van der Waals surface area contributed by atoms with E-state index in [0.29, 0.717) is 30.5 Å². The minimum atomic E-state index is -0.281. The predicted octanol–water partition coefficient (Wildman–Crippen LogP) is 2.64. The van der Waals surface area contributed by atoms with Crippen molar-refractivity contribution in [3.63, 3.8) is 0 Å². The Kier molecular flexibility index (Phi) is 2.45. The van der Waals surface area contributed by atoms with Gasteiger partial charge < -0.3 is 4.74 Å². The predicted molar refractivity (Wildman–Crippen MR) is 66.8 cm³/mol. The minimum absolute atomic E-state index is 0.131. The molecule has 4 atom stereocenters. The van der Waals surface area contributed by atoms with Crippen LogP contribution in [0.15, 0.2) is 11.1 Å². The Balaban J connectivity index is 1.99. The monoisotopic (exact) mass is 248 g/mol. The molecule has 2 aliphatic carbocycles. The van der Waals surface area contributed by atoms with Gasteiger partial charge in [-0.15, -0.1) is 0 Å². The lowest BCUT2D eigenvalue weighted by Crippen LogP contribution is -2.49. The molecule has 4 unspecified atom stereocenters. The van der Waals surface area contributed by atoms with E-state index in [0.717, 1.165) is 24.0 Å². The smallest absolute Gasteiger partial charge is 0.334 e. The average Bonchev–Trinajstić information content (AvgIpc) is 2.58. The molecule has 0 spiro atoms. The van der Waals surface area contributed by atoms with Crippen molar-refractivity contribution in [2.45, 2.75) is 52.6 Å². The Bertz CT molecular complexity index is 462. The summed E-state index contributed by atoms with van der Waals surface area (Å²) in [6.07, 6.45) is 3.11. The second-order valence-electron chi connectivity index (χ2n) is 6.42. The van der Waals surface area contributed by atoms with Crippen LogP contribution in [0.25, 0.3) is 0 Å². The van der Waals surface area contributed by atoms with Crippen LogP contribution in [-0.2, 0) is 14.3 Å². The van der Waals surface area contributed by atoms with Gasteiger partial charge in [-0.3, -0.25) is 4.79 Å². The Morgan fingerprint density at radius 2 is 2.06 bits per heavy atom. The third-order valence-corrected chi connectivity index (χ3v) is 5.44. The van der Waals surface area contributed by atoms with Crippen molar-refractivity contribution in [3.8, 4) is 0 Å². The molecule has 0 saturated heterocycles. The van der Waals surface area contributed by atoms with E-state index in [1.807, 2.05) is 6.92 Å². The lowest BCUT2D eigenvalue weighted by Gasteiger charge is -2.48. The summed E-state index contributed by atoms with van der Waals surface area (Å²) in [4.78, 5) is 23.9. The molecule has 1 heterocycles. The maximum absolute atomic E-state index is 12.3. The summed E-state index contributed by atoms with van der Waals surface area (Å²) in [6.45, 7) is 6.17. The molecule has 0 amide bonds. The first-order chi connectivity index (χ1) is 8.43. The molecule has 0 aromatic heterocycles. The molecule has 0 aromatic rings. The van der Waals surface area contributed by atoms with E-state index >= 15 is 0 Å². The molecule has 2 saturated carbocycles. The number of fused-ring (bicyclic) bond motifs is 2. The minimum Gasteiger partial charge on any atom is -0.454 e. The maximum atomic E-state index is 12.3. The van der Waals surface area contributed by atoms with E-state index in [4.69, 9.17) is 4.74 Å². The Morgan fingerprint density at radius 1 is 1.33 bits per heavy atom. The van der Waals surface area contributed by atoms with Crippen molar-refractivity contribution in [1.29, 1.82) is 0 Å². The van der Waals surface area contributed by atoms with E-state index < -0.39 is 0 Å². The van der Waals surface area contributed by atoms with Gasteiger partial charge in [0.1, 0.15) is 11.9 Å². The molecule has 2 fully saturated rings. The summed E-state index contributed by atoms with van der Waals surface area (Å²) >= 11 is 0. The van der Waals surface area contributed by atoms with Gasteiger partial charge in [0.2, 0.25) is 0 Å². The SMILES string of the molecule is CC1=C2CC3C(C)CCC(=O)C3(C)CC2OC1=O. The van der Waals surface area contributed by atoms with Crippen LogP contribution in [0.5, 0.6) is 0 Å². The first-order valence-electron chi connectivity index (χ1n) is 6.87. The average molecular weight is 248 g/mol. The maximum Gasteiger partial charge on any atom is 0.334 e. The molecule has 98 valence electrons. The molecule has 3 rings (SSSR count). The second-order valence-corrected chi connectivity index (χ2v) is 6.42. The van der Waals surface area contributed by atoms with Gasteiger partial charge in [0.15, 0.2) is 0 Å². The van der Waals surface area contributed by atoms with E-state index in [9.17, 15) is 9.59 Å². The van der Waals surface area contributed by atoms with E-state index in [1.165, 1.54) is 0 Å². The third-order valence-electron chi connectivity index (χ3n) is 5.44. The molecule has 0 N–H and O–H groups in total. The third kappa shape index (κ3) is 1.42. The van der Waals surface area contributed by atoms with Crippen molar-refractivity contribution < 1.29 is 14.3 Å². The molecule has 1 aliphatic heterocycles. The standard InChI is InChI=1S/C15H20O3/c1-8-4-5-13(16)15(3)7-12-10(6-11(8)15)9(2)14(17)18-12/h8,11-12H,4-7H2,1-3H3. The van der Waals surface area contributed by atoms with Crippen molar-refractivity contribution in [1.82, 2.24) is 0 Å². The van der Waals surface area contributed by atoms with Crippen molar-refractivity contribution in [2.24, 2.45) is 17.3 Å². The van der Waals surface area contributed by atoms with E-state index in [-0.39, 0.29) is 17.5 Å². The number of hydrogen-bond acceptors (Lipinski definition) is 3. The molecule has 0 radical (unpaired) electrons. The highest BCUT2D eigenvalue weighted by Gasteiger charge is 2.54. The van der Waals surface area contributed by atoms with Crippen LogP contribution < -0.4 is 0 Å². The van der Waals surface area contributed by atoms with Crippen LogP contribution in [0.1, 0.15) is 46.5 Å². The number of carbonyl (C=O) groups excluding carboxylic acids is 2. The van der Waals surface area contributed by atoms with Crippen molar-refractivity contribution in [3.05, 3.63) is 11.1 Å². The second kappa shape index (κ2) is 3.69. The summed E-state index contributed by atoms with van der Waals surface area (Å²) < 4.78 is 5.41. The highest BCUT2D eigenvalue weighted by molar-refractivity contribution is 5.92. The lowest BCUT2D eigenvalue weighted by atomic mass is 9.55. The van der Waals surface area contributed by atoms with Crippen LogP contribution in [0.3, 0.4) is 0 Å². The molecule has 18 heavy (non-hydrogen) atoms. The van der Waals surface area contributed by atoms with Gasteiger partial charge in [-0.05, 0) is 37.2 Å². The zero-order valence-electron chi connectivity index (χ0n) is 11.3. The van der Waals surface area contributed by atoms with Gasteiger partial charge in [-0.1, -0.05) is 13.8 Å². The van der Waals surface area contributed by atoms with Gasteiger partial charge in [-0.25, -0.2) is 4.79 Å². The Hall–Kier alpha value is -1.12. The largest absolute Gasteiger partial charge is 0.454 e. The van der Waals surface area contributed by atoms with Crippen LogP contribution in [0.2, 0.25) is 0 Å². The number of ketones is 1. The number of rotatable bonds is 0. The molecular formula is C15H20O3. The first-order valence-corrected chi connectivity index (χ1v) is 6.87. The number of hydrogen-bond donors (Lipinski definition) is 0. The first kappa shape index (κ1) is 11.9. The van der Waals surface area contributed by atoms with Gasteiger partial charge in [0, 0.05) is 23.8 Å². The summed E-state index contributed by atoms with van der Waals surface area (Å²) in [6, 6.07) is 0. The van der Waals surface area contributed by atoms with Gasteiger partial charge in [0.25, 0.3) is 0 Å². The zero-order valence-corrected chi connectivity index (χ0v) is 11.3. The zero-order chi connectivity index (χ0) is 13.1. The highest BCUT2D eigenvalue weighted by Crippen LogP contribution is 2.54. The Morgan fingerprint density at radius 3 is 2.78 bits per heavy atom. The molecule has 0 aromatic carbocycles. The quantitative estimate of drug-likeness (QED) is 0.619. The van der Waals surface area contributed by atoms with Crippen LogP contribution in [0, 0.1) is 17.3 Å². The fourth-order valence-electron chi connectivity index (χ4n) is 4.10.